The Kier molecular flexibility index (Phi) is 5.17. The van der Waals surface area contributed by atoms with Crippen molar-refractivity contribution in [3.8, 4) is 0 Å². The molecular formula is C13H16BrN5O3S. The first-order valence-electron chi connectivity index (χ1n) is 6.73. The largest absolute Gasteiger partial charge is 0.273 e. The first kappa shape index (κ1) is 17.6. The van der Waals surface area contributed by atoms with Gasteiger partial charge < -0.3 is 0 Å². The summed E-state index contributed by atoms with van der Waals surface area (Å²) in [6, 6.07) is 1.53. The Bertz CT molecular complexity index is 847. The van der Waals surface area contributed by atoms with Gasteiger partial charge in [0.2, 0.25) is 0 Å². The first-order valence-corrected chi connectivity index (χ1v) is 9.00. The fraction of sp³-hybridized carbons (Fsp3) is 0.308. The van der Waals surface area contributed by atoms with Gasteiger partial charge in [-0.25, -0.2) is 8.42 Å². The lowest BCUT2D eigenvalue weighted by molar-refractivity contribution is 0.0944. The number of nitrogens with one attached hydrogen (secondary N) is 2. The van der Waals surface area contributed by atoms with Crippen LogP contribution in [0.4, 0.5) is 0 Å². The normalized spacial score (nSPS) is 11.5. The standard InChI is InChI=1S/C13H16BrN5O3S/c1-4-19-9(3)12(8(2)17-19)23(21,22)18-16-13(20)10-5-11(14)7-15-6-10/h5-7,18H,4H2,1-3H3,(H,16,20). The van der Waals surface area contributed by atoms with Crippen molar-refractivity contribution in [1.82, 2.24) is 25.0 Å². The van der Waals surface area contributed by atoms with Gasteiger partial charge in [-0.2, -0.15) is 5.10 Å². The Morgan fingerprint density at radius 2 is 2.04 bits per heavy atom. The summed E-state index contributed by atoms with van der Waals surface area (Å²) in [6.07, 6.45) is 2.85. The van der Waals surface area contributed by atoms with E-state index in [1.165, 1.54) is 18.5 Å². The maximum absolute atomic E-state index is 12.4. The molecule has 0 radical (unpaired) electrons. The average molecular weight is 402 g/mol. The van der Waals surface area contributed by atoms with Gasteiger partial charge in [0.1, 0.15) is 4.90 Å². The number of hydrogen-bond donors (Lipinski definition) is 2. The zero-order valence-corrected chi connectivity index (χ0v) is 15.2. The number of pyridine rings is 1. The van der Waals surface area contributed by atoms with Crippen LogP contribution in [-0.4, -0.2) is 29.1 Å². The number of hydrogen-bond acceptors (Lipinski definition) is 5. The highest BCUT2D eigenvalue weighted by atomic mass is 79.9. The molecular weight excluding hydrogens is 386 g/mol. The topological polar surface area (TPSA) is 106 Å². The number of carbonyl (C=O) groups excluding carboxylic acids is 1. The maximum Gasteiger partial charge on any atom is 0.267 e. The van der Waals surface area contributed by atoms with Crippen LogP contribution < -0.4 is 10.3 Å². The summed E-state index contributed by atoms with van der Waals surface area (Å²) in [4.78, 5) is 18.0. The van der Waals surface area contributed by atoms with Gasteiger partial charge in [-0.3, -0.25) is 19.9 Å². The summed E-state index contributed by atoms with van der Waals surface area (Å²) in [5.74, 6) is -0.611. The van der Waals surface area contributed by atoms with Gasteiger partial charge in [-0.15, -0.1) is 4.83 Å². The fourth-order valence-electron chi connectivity index (χ4n) is 2.15. The predicted octanol–water partition coefficient (Wildman–Crippen LogP) is 1.30. The van der Waals surface area contributed by atoms with Gasteiger partial charge in [0, 0.05) is 23.4 Å². The Labute approximate surface area is 142 Å². The number of aryl methyl sites for hydroxylation is 2. The molecule has 0 atom stereocenters. The molecule has 23 heavy (non-hydrogen) atoms. The Morgan fingerprint density at radius 3 is 2.61 bits per heavy atom. The molecule has 2 heterocycles. The Morgan fingerprint density at radius 1 is 1.35 bits per heavy atom. The number of rotatable bonds is 5. The zero-order chi connectivity index (χ0) is 17.2. The van der Waals surface area contributed by atoms with Crippen LogP contribution in [0.15, 0.2) is 27.8 Å². The second kappa shape index (κ2) is 6.77. The van der Waals surface area contributed by atoms with Crippen LogP contribution in [0.1, 0.15) is 28.7 Å². The van der Waals surface area contributed by atoms with E-state index in [1.54, 1.807) is 18.5 Å². The number of halogens is 1. The number of aromatic nitrogens is 3. The number of hydrazine groups is 1. The van der Waals surface area contributed by atoms with Gasteiger partial charge >= 0.3 is 0 Å². The van der Waals surface area contributed by atoms with Crippen LogP contribution in [0.25, 0.3) is 0 Å². The van der Waals surface area contributed by atoms with Gasteiger partial charge in [-0.05, 0) is 42.8 Å². The molecule has 10 heteroatoms. The highest BCUT2D eigenvalue weighted by Gasteiger charge is 2.25. The smallest absolute Gasteiger partial charge is 0.267 e. The van der Waals surface area contributed by atoms with Crippen molar-refractivity contribution in [2.24, 2.45) is 0 Å². The minimum atomic E-state index is -3.92. The van der Waals surface area contributed by atoms with E-state index < -0.39 is 15.9 Å². The van der Waals surface area contributed by atoms with E-state index in [-0.39, 0.29) is 10.5 Å². The summed E-state index contributed by atoms with van der Waals surface area (Å²) in [7, 11) is -3.92. The number of amides is 1. The average Bonchev–Trinajstić information content (AvgIpc) is 2.79. The molecule has 2 N–H and O–H groups in total. The van der Waals surface area contributed by atoms with Crippen LogP contribution in [-0.2, 0) is 16.6 Å². The lowest BCUT2D eigenvalue weighted by atomic mass is 10.3. The second-order valence-electron chi connectivity index (χ2n) is 4.77. The zero-order valence-electron chi connectivity index (χ0n) is 12.8. The molecule has 0 aliphatic rings. The molecule has 1 amide bonds. The van der Waals surface area contributed by atoms with E-state index in [0.29, 0.717) is 22.4 Å². The number of nitrogens with zero attached hydrogens (tertiary/aromatic N) is 3. The summed E-state index contributed by atoms with van der Waals surface area (Å²) < 4.78 is 27.0. The summed E-state index contributed by atoms with van der Waals surface area (Å²) in [5, 5.41) is 4.16. The quantitative estimate of drug-likeness (QED) is 0.734. The molecule has 0 aliphatic heterocycles. The third kappa shape index (κ3) is 3.77. The highest BCUT2D eigenvalue weighted by Crippen LogP contribution is 2.18. The van der Waals surface area contributed by atoms with Crippen molar-refractivity contribution in [1.29, 1.82) is 0 Å². The van der Waals surface area contributed by atoms with Gasteiger partial charge in [0.05, 0.1) is 17.0 Å². The number of sulfonamides is 1. The van der Waals surface area contributed by atoms with Gasteiger partial charge in [0.25, 0.3) is 15.9 Å². The van der Waals surface area contributed by atoms with E-state index in [4.69, 9.17) is 0 Å². The molecule has 2 aromatic heterocycles. The third-order valence-electron chi connectivity index (χ3n) is 3.15. The van der Waals surface area contributed by atoms with E-state index in [2.05, 4.69) is 36.3 Å². The molecule has 0 spiro atoms. The lowest BCUT2D eigenvalue weighted by Gasteiger charge is -2.09. The Balaban J connectivity index is 2.19. The fourth-order valence-corrected chi connectivity index (χ4v) is 3.77. The summed E-state index contributed by atoms with van der Waals surface area (Å²) in [5.41, 5.74) is 3.27. The monoisotopic (exact) mass is 401 g/mol. The van der Waals surface area contributed by atoms with Crippen molar-refractivity contribution in [3.63, 3.8) is 0 Å². The molecule has 2 aromatic rings. The minimum absolute atomic E-state index is 0.0621. The molecule has 124 valence electrons. The van der Waals surface area contributed by atoms with E-state index in [0.717, 1.165) is 0 Å². The van der Waals surface area contributed by atoms with Crippen molar-refractivity contribution in [2.45, 2.75) is 32.2 Å². The maximum atomic E-state index is 12.4. The summed E-state index contributed by atoms with van der Waals surface area (Å²) >= 11 is 3.20. The summed E-state index contributed by atoms with van der Waals surface area (Å²) in [6.45, 7) is 5.69. The first-order chi connectivity index (χ1) is 10.8. The lowest BCUT2D eigenvalue weighted by Crippen LogP contribution is -2.41. The van der Waals surface area contributed by atoms with Crippen LogP contribution in [0.2, 0.25) is 0 Å². The van der Waals surface area contributed by atoms with E-state index in [9.17, 15) is 13.2 Å². The predicted molar refractivity (Wildman–Crippen MR) is 87.1 cm³/mol. The van der Waals surface area contributed by atoms with Crippen LogP contribution >= 0.6 is 15.9 Å². The van der Waals surface area contributed by atoms with E-state index in [1.807, 2.05) is 6.92 Å². The molecule has 0 unspecified atom stereocenters. The molecule has 0 aromatic carbocycles. The SMILES string of the molecule is CCn1nc(C)c(S(=O)(=O)NNC(=O)c2cncc(Br)c2)c1C. The van der Waals surface area contributed by atoms with Gasteiger partial charge in [-0.1, -0.05) is 0 Å². The molecule has 0 aliphatic carbocycles. The van der Waals surface area contributed by atoms with Gasteiger partial charge in [0.15, 0.2) is 0 Å². The Hall–Kier alpha value is -1.78. The second-order valence-corrected chi connectivity index (χ2v) is 7.30. The highest BCUT2D eigenvalue weighted by molar-refractivity contribution is 9.10. The van der Waals surface area contributed by atoms with Crippen LogP contribution in [0, 0.1) is 13.8 Å². The molecule has 0 saturated carbocycles. The van der Waals surface area contributed by atoms with Crippen molar-refractivity contribution >= 4 is 31.9 Å². The molecule has 8 nitrogen and oxygen atoms in total. The van der Waals surface area contributed by atoms with Crippen molar-refractivity contribution in [3.05, 3.63) is 39.9 Å². The molecule has 0 fully saturated rings. The van der Waals surface area contributed by atoms with Crippen LogP contribution in [0.3, 0.4) is 0 Å². The van der Waals surface area contributed by atoms with Crippen LogP contribution in [0.5, 0.6) is 0 Å². The van der Waals surface area contributed by atoms with Crippen molar-refractivity contribution < 1.29 is 13.2 Å². The molecule has 0 bridgehead atoms. The van der Waals surface area contributed by atoms with Crippen molar-refractivity contribution in [2.75, 3.05) is 0 Å². The third-order valence-corrected chi connectivity index (χ3v) is 5.08. The molecule has 2 rings (SSSR count). The number of carbonyl (C=O) groups is 1. The van der Waals surface area contributed by atoms with E-state index >= 15 is 0 Å². The molecule has 0 saturated heterocycles. The minimum Gasteiger partial charge on any atom is -0.273 e.